The number of aromatic nitrogens is 2. The number of anilines is 2. The first-order valence-corrected chi connectivity index (χ1v) is 11.3. The number of fused-ring (bicyclic) bond motifs is 1. The molecule has 184 valence electrons. The van der Waals surface area contributed by atoms with Crippen molar-refractivity contribution in [3.63, 3.8) is 0 Å². The molecule has 0 radical (unpaired) electrons. The van der Waals surface area contributed by atoms with Crippen molar-refractivity contribution >= 4 is 40.8 Å². The van der Waals surface area contributed by atoms with E-state index in [0.717, 1.165) is 41.5 Å². The predicted molar refractivity (Wildman–Crippen MR) is 123 cm³/mol. The molecule has 4 rings (SSSR count). The zero-order valence-corrected chi connectivity index (χ0v) is 19.1. The summed E-state index contributed by atoms with van der Waals surface area (Å²) in [5, 5.41) is 24.1. The first-order valence-electron chi connectivity index (χ1n) is 10.5. The summed E-state index contributed by atoms with van der Waals surface area (Å²) in [6.07, 6.45) is -0.976. The van der Waals surface area contributed by atoms with Crippen LogP contribution in [0.25, 0.3) is 5.57 Å². The number of allylic oxidation sites excluding steroid dienone is 1. The van der Waals surface area contributed by atoms with Gasteiger partial charge in [-0.15, -0.1) is 0 Å². The van der Waals surface area contributed by atoms with Crippen molar-refractivity contribution in [1.29, 1.82) is 5.26 Å². The van der Waals surface area contributed by atoms with Crippen LogP contribution in [0.2, 0.25) is 0 Å². The Morgan fingerprint density at radius 2 is 2.06 bits per heavy atom. The number of hydrogen-bond acceptors (Lipinski definition) is 8. The molecule has 0 aliphatic carbocycles. The minimum Gasteiger partial charge on any atom is -0.475 e. The molecule has 2 aromatic rings. The standard InChI is InChI=1S/C20H20N6OS.C2HF3O2/c21-13-14(19-24-16-5-1-2-6-17(16)28-19)15-8-10-23-20(25-15)22-9-4-12-26-11-3-7-18(26)27;3-2(4,5)1(6)7/h1-2,5-6,8,10,24H,3-4,7,9,11-12H2,(H,22,23,25);(H,6,7)/b19-14+;. The number of carbonyl (C=O) groups excluding carboxylic acids is 1. The Morgan fingerprint density at radius 1 is 1.31 bits per heavy atom. The average molecular weight is 507 g/mol. The number of alkyl halides is 3. The summed E-state index contributed by atoms with van der Waals surface area (Å²) in [7, 11) is 0. The zero-order valence-electron chi connectivity index (χ0n) is 18.3. The number of nitrogens with one attached hydrogen (secondary N) is 2. The smallest absolute Gasteiger partial charge is 0.475 e. The van der Waals surface area contributed by atoms with E-state index in [4.69, 9.17) is 9.90 Å². The molecule has 1 aromatic heterocycles. The highest BCUT2D eigenvalue weighted by molar-refractivity contribution is 8.04. The number of nitrogens with zero attached hydrogens (tertiary/aromatic N) is 4. The Bertz CT molecular complexity index is 1140. The van der Waals surface area contributed by atoms with E-state index in [1.165, 1.54) is 11.8 Å². The Morgan fingerprint density at radius 3 is 2.69 bits per heavy atom. The maximum atomic E-state index is 11.6. The molecular formula is C22H21F3N6O3S. The number of para-hydroxylation sites is 1. The molecule has 0 atom stereocenters. The lowest BCUT2D eigenvalue weighted by atomic mass is 10.2. The number of carboxylic acids is 1. The summed E-state index contributed by atoms with van der Waals surface area (Å²) in [6.45, 7) is 2.28. The Kier molecular flexibility index (Phi) is 8.53. The van der Waals surface area contributed by atoms with Crippen LogP contribution >= 0.6 is 11.8 Å². The predicted octanol–water partition coefficient (Wildman–Crippen LogP) is 3.94. The molecule has 0 spiro atoms. The van der Waals surface area contributed by atoms with Crippen LogP contribution in [-0.2, 0) is 9.59 Å². The number of rotatable bonds is 6. The van der Waals surface area contributed by atoms with Gasteiger partial charge in [0, 0.05) is 37.1 Å². The fraction of sp³-hybridized carbons (Fsp3) is 0.318. The summed E-state index contributed by atoms with van der Waals surface area (Å²) in [6, 6.07) is 12.0. The van der Waals surface area contributed by atoms with Gasteiger partial charge in [0.05, 0.1) is 16.4 Å². The van der Waals surface area contributed by atoms with E-state index in [-0.39, 0.29) is 5.91 Å². The summed E-state index contributed by atoms with van der Waals surface area (Å²) in [5.41, 5.74) is 2.07. The van der Waals surface area contributed by atoms with Crippen molar-refractivity contribution in [2.24, 2.45) is 0 Å². The number of carboxylic acid groups (broad SMARTS) is 1. The largest absolute Gasteiger partial charge is 0.490 e. The molecule has 0 saturated carbocycles. The van der Waals surface area contributed by atoms with Gasteiger partial charge in [-0.2, -0.15) is 18.4 Å². The van der Waals surface area contributed by atoms with Gasteiger partial charge in [-0.25, -0.2) is 14.8 Å². The number of nitriles is 1. The average Bonchev–Trinajstić information content (AvgIpc) is 3.43. The van der Waals surface area contributed by atoms with E-state index in [1.54, 1.807) is 12.3 Å². The molecule has 35 heavy (non-hydrogen) atoms. The minimum absolute atomic E-state index is 0.242. The van der Waals surface area contributed by atoms with Crippen LogP contribution in [0.5, 0.6) is 0 Å². The van der Waals surface area contributed by atoms with Crippen molar-refractivity contribution in [1.82, 2.24) is 14.9 Å². The van der Waals surface area contributed by atoms with Crippen molar-refractivity contribution in [3.05, 3.63) is 47.3 Å². The SMILES string of the molecule is N#C/C(=C1/Nc2ccccc2S1)c1ccnc(NCCCN2CCCC2=O)n1.O=C(O)C(F)(F)F. The first kappa shape index (κ1) is 25.8. The molecule has 1 amide bonds. The van der Waals surface area contributed by atoms with Crippen LogP contribution in [-0.4, -0.2) is 57.7 Å². The molecule has 9 nitrogen and oxygen atoms in total. The second kappa shape index (κ2) is 11.6. The van der Waals surface area contributed by atoms with Crippen molar-refractivity contribution in [2.75, 3.05) is 30.3 Å². The van der Waals surface area contributed by atoms with E-state index < -0.39 is 12.1 Å². The first-order chi connectivity index (χ1) is 16.7. The third-order valence-electron chi connectivity index (χ3n) is 4.90. The minimum atomic E-state index is -5.08. The van der Waals surface area contributed by atoms with E-state index in [2.05, 4.69) is 26.7 Å². The fourth-order valence-corrected chi connectivity index (χ4v) is 4.26. The van der Waals surface area contributed by atoms with Crippen LogP contribution in [0.4, 0.5) is 24.8 Å². The Hall–Kier alpha value is -3.79. The van der Waals surface area contributed by atoms with Crippen LogP contribution in [0.15, 0.2) is 46.5 Å². The Balaban J connectivity index is 0.000000429. The number of benzene rings is 1. The highest BCUT2D eigenvalue weighted by Crippen LogP contribution is 2.43. The highest BCUT2D eigenvalue weighted by Gasteiger charge is 2.38. The topological polar surface area (TPSA) is 131 Å². The van der Waals surface area contributed by atoms with E-state index >= 15 is 0 Å². The van der Waals surface area contributed by atoms with Gasteiger partial charge in [0.1, 0.15) is 11.6 Å². The quantitative estimate of drug-likeness (QED) is 0.394. The van der Waals surface area contributed by atoms with E-state index in [9.17, 15) is 23.2 Å². The second-order valence-corrected chi connectivity index (χ2v) is 8.42. The van der Waals surface area contributed by atoms with Crippen LogP contribution in [0, 0.1) is 11.3 Å². The number of aliphatic carboxylic acids is 1. The number of likely N-dealkylation sites (tertiary alicyclic amines) is 1. The molecule has 2 aliphatic rings. The third kappa shape index (κ3) is 7.10. The molecule has 1 saturated heterocycles. The lowest BCUT2D eigenvalue weighted by Crippen LogP contribution is -2.27. The molecule has 13 heteroatoms. The Labute approximate surface area is 203 Å². The van der Waals surface area contributed by atoms with Crippen molar-refractivity contribution in [2.45, 2.75) is 30.3 Å². The van der Waals surface area contributed by atoms with Crippen LogP contribution in [0.1, 0.15) is 25.0 Å². The molecule has 3 N–H and O–H groups in total. The van der Waals surface area contributed by atoms with Gasteiger partial charge in [-0.05, 0) is 31.0 Å². The van der Waals surface area contributed by atoms with Gasteiger partial charge >= 0.3 is 12.1 Å². The van der Waals surface area contributed by atoms with Gasteiger partial charge in [-0.1, -0.05) is 23.9 Å². The maximum absolute atomic E-state index is 11.6. The van der Waals surface area contributed by atoms with Gasteiger partial charge in [0.2, 0.25) is 11.9 Å². The number of thioether (sulfide) groups is 1. The van der Waals surface area contributed by atoms with Crippen LogP contribution in [0.3, 0.4) is 0 Å². The molecule has 2 aliphatic heterocycles. The second-order valence-electron chi connectivity index (χ2n) is 7.37. The number of carbonyl (C=O) groups is 2. The summed E-state index contributed by atoms with van der Waals surface area (Å²) >= 11 is 1.53. The summed E-state index contributed by atoms with van der Waals surface area (Å²) < 4.78 is 31.7. The normalized spacial score (nSPS) is 15.9. The third-order valence-corrected chi connectivity index (χ3v) is 5.99. The van der Waals surface area contributed by atoms with E-state index in [0.29, 0.717) is 30.2 Å². The number of halogens is 3. The van der Waals surface area contributed by atoms with Crippen LogP contribution < -0.4 is 10.6 Å². The fourth-order valence-electron chi connectivity index (χ4n) is 3.25. The maximum Gasteiger partial charge on any atom is 0.490 e. The highest BCUT2D eigenvalue weighted by atomic mass is 32.2. The molecule has 1 aromatic carbocycles. The molecule has 0 unspecified atom stereocenters. The summed E-state index contributed by atoms with van der Waals surface area (Å²) in [5.74, 6) is -2.03. The molecule has 1 fully saturated rings. The van der Waals surface area contributed by atoms with Crippen molar-refractivity contribution < 1.29 is 27.9 Å². The lowest BCUT2D eigenvalue weighted by Gasteiger charge is -2.15. The van der Waals surface area contributed by atoms with E-state index in [1.807, 2.05) is 29.2 Å². The zero-order chi connectivity index (χ0) is 25.4. The van der Waals surface area contributed by atoms with Gasteiger partial charge < -0.3 is 20.6 Å². The van der Waals surface area contributed by atoms with Gasteiger partial charge in [-0.3, -0.25) is 4.79 Å². The van der Waals surface area contributed by atoms with Gasteiger partial charge in [0.25, 0.3) is 0 Å². The van der Waals surface area contributed by atoms with Gasteiger partial charge in [0.15, 0.2) is 0 Å². The monoisotopic (exact) mass is 506 g/mol. The lowest BCUT2D eigenvalue weighted by molar-refractivity contribution is -0.192. The summed E-state index contributed by atoms with van der Waals surface area (Å²) in [4.78, 5) is 32.3. The number of hydrogen-bond donors (Lipinski definition) is 3. The number of amides is 1. The molecular weight excluding hydrogens is 485 g/mol. The molecule has 0 bridgehead atoms. The molecule has 3 heterocycles. The van der Waals surface area contributed by atoms with Crippen molar-refractivity contribution in [3.8, 4) is 6.07 Å².